The number of rotatable bonds is 5. The first-order chi connectivity index (χ1) is 13.2. The number of aryl methyl sites for hydroxylation is 1. The third-order valence-corrected chi connectivity index (χ3v) is 5.32. The van der Waals surface area contributed by atoms with Crippen LogP contribution in [0, 0.1) is 0 Å². The molecular weight excluding hydrogens is 340 g/mol. The molecule has 4 rings (SSSR count). The molecule has 3 aromatic rings. The average molecular weight is 364 g/mol. The molecule has 0 aliphatic heterocycles. The normalized spacial score (nSPS) is 19.9. The Morgan fingerprint density at radius 3 is 2.67 bits per heavy atom. The lowest BCUT2D eigenvalue weighted by Gasteiger charge is -2.29. The molecule has 7 heteroatoms. The fourth-order valence-corrected chi connectivity index (χ4v) is 3.70. The molecule has 27 heavy (non-hydrogen) atoms. The highest BCUT2D eigenvalue weighted by Crippen LogP contribution is 2.27. The summed E-state index contributed by atoms with van der Waals surface area (Å²) in [6, 6.07) is 9.89. The van der Waals surface area contributed by atoms with E-state index < -0.39 is 0 Å². The Hall–Kier alpha value is -2.80. The lowest BCUT2D eigenvalue weighted by molar-refractivity contribution is 0.268. The SMILES string of the molecule is Cn1nccc1CNC1CCC(n2nc(-c3cccnc3)ccc2=O)CC1. The van der Waals surface area contributed by atoms with Crippen LogP contribution in [0.5, 0.6) is 0 Å². The topological polar surface area (TPSA) is 77.6 Å². The van der Waals surface area contributed by atoms with E-state index >= 15 is 0 Å². The van der Waals surface area contributed by atoms with Crippen LogP contribution in [-0.4, -0.2) is 30.6 Å². The maximum atomic E-state index is 12.4. The summed E-state index contributed by atoms with van der Waals surface area (Å²) in [6.45, 7) is 0.820. The van der Waals surface area contributed by atoms with Gasteiger partial charge in [-0.05, 0) is 49.9 Å². The van der Waals surface area contributed by atoms with Gasteiger partial charge >= 0.3 is 0 Å². The van der Waals surface area contributed by atoms with Crippen molar-refractivity contribution in [1.82, 2.24) is 29.9 Å². The summed E-state index contributed by atoms with van der Waals surface area (Å²) in [6.07, 6.45) is 9.30. The van der Waals surface area contributed by atoms with E-state index in [9.17, 15) is 4.79 Å². The summed E-state index contributed by atoms with van der Waals surface area (Å²) in [7, 11) is 1.96. The monoisotopic (exact) mass is 364 g/mol. The summed E-state index contributed by atoms with van der Waals surface area (Å²) in [5, 5.41) is 12.4. The predicted molar refractivity (Wildman–Crippen MR) is 103 cm³/mol. The second kappa shape index (κ2) is 7.84. The molecule has 0 bridgehead atoms. The van der Waals surface area contributed by atoms with Gasteiger partial charge in [0.1, 0.15) is 0 Å². The van der Waals surface area contributed by atoms with Crippen LogP contribution in [-0.2, 0) is 13.6 Å². The van der Waals surface area contributed by atoms with E-state index in [0.29, 0.717) is 6.04 Å². The number of hydrogen-bond donors (Lipinski definition) is 1. The predicted octanol–water partition coefficient (Wildman–Crippen LogP) is 2.31. The molecule has 3 aromatic heterocycles. The van der Waals surface area contributed by atoms with Gasteiger partial charge in [-0.2, -0.15) is 10.2 Å². The molecule has 0 saturated heterocycles. The van der Waals surface area contributed by atoms with Crippen molar-refractivity contribution in [2.75, 3.05) is 0 Å². The summed E-state index contributed by atoms with van der Waals surface area (Å²) in [5.41, 5.74) is 2.87. The lowest BCUT2D eigenvalue weighted by Crippen LogP contribution is -2.36. The van der Waals surface area contributed by atoms with Crippen molar-refractivity contribution in [2.24, 2.45) is 7.05 Å². The highest BCUT2D eigenvalue weighted by Gasteiger charge is 2.24. The van der Waals surface area contributed by atoms with Crippen molar-refractivity contribution in [2.45, 2.75) is 44.3 Å². The van der Waals surface area contributed by atoms with Crippen molar-refractivity contribution < 1.29 is 0 Å². The Morgan fingerprint density at radius 1 is 1.11 bits per heavy atom. The van der Waals surface area contributed by atoms with Crippen LogP contribution in [0.2, 0.25) is 0 Å². The summed E-state index contributed by atoms with van der Waals surface area (Å²) in [5.74, 6) is 0. The number of nitrogens with one attached hydrogen (secondary N) is 1. The van der Waals surface area contributed by atoms with Crippen molar-refractivity contribution in [3.8, 4) is 11.3 Å². The summed E-state index contributed by atoms with van der Waals surface area (Å²) in [4.78, 5) is 16.5. The van der Waals surface area contributed by atoms with Gasteiger partial charge < -0.3 is 5.32 Å². The number of hydrogen-bond acceptors (Lipinski definition) is 5. The van der Waals surface area contributed by atoms with Crippen LogP contribution >= 0.6 is 0 Å². The molecule has 3 heterocycles. The maximum Gasteiger partial charge on any atom is 0.267 e. The highest BCUT2D eigenvalue weighted by molar-refractivity contribution is 5.56. The van der Waals surface area contributed by atoms with Crippen LogP contribution in [0.4, 0.5) is 0 Å². The van der Waals surface area contributed by atoms with E-state index in [1.54, 1.807) is 29.2 Å². The van der Waals surface area contributed by atoms with Crippen molar-refractivity contribution in [3.63, 3.8) is 0 Å². The van der Waals surface area contributed by atoms with Crippen LogP contribution in [0.25, 0.3) is 11.3 Å². The van der Waals surface area contributed by atoms with Crippen LogP contribution in [0.1, 0.15) is 37.4 Å². The summed E-state index contributed by atoms with van der Waals surface area (Å²) < 4.78 is 3.56. The molecule has 1 saturated carbocycles. The molecule has 1 aliphatic rings. The number of aromatic nitrogens is 5. The minimum Gasteiger partial charge on any atom is -0.308 e. The van der Waals surface area contributed by atoms with Crippen LogP contribution in [0.3, 0.4) is 0 Å². The number of nitrogens with zero attached hydrogens (tertiary/aromatic N) is 5. The van der Waals surface area contributed by atoms with Gasteiger partial charge in [0, 0.05) is 49.9 Å². The van der Waals surface area contributed by atoms with Crippen molar-refractivity contribution in [1.29, 1.82) is 0 Å². The molecule has 1 fully saturated rings. The van der Waals surface area contributed by atoms with Gasteiger partial charge in [-0.3, -0.25) is 14.5 Å². The Bertz CT molecular complexity index is 940. The maximum absolute atomic E-state index is 12.4. The molecular formula is C20H24N6O. The first kappa shape index (κ1) is 17.6. The van der Waals surface area contributed by atoms with E-state index in [1.807, 2.05) is 36.1 Å². The van der Waals surface area contributed by atoms with Crippen molar-refractivity contribution >= 4 is 0 Å². The third-order valence-electron chi connectivity index (χ3n) is 5.32. The third kappa shape index (κ3) is 3.98. The Kier molecular flexibility index (Phi) is 5.11. The smallest absolute Gasteiger partial charge is 0.267 e. The fraction of sp³-hybridized carbons (Fsp3) is 0.400. The van der Waals surface area contributed by atoms with Gasteiger partial charge in [-0.1, -0.05) is 0 Å². The second-order valence-corrected chi connectivity index (χ2v) is 7.08. The van der Waals surface area contributed by atoms with E-state index in [0.717, 1.165) is 43.5 Å². The Morgan fingerprint density at radius 2 is 1.96 bits per heavy atom. The first-order valence-electron chi connectivity index (χ1n) is 9.41. The minimum atomic E-state index is -0.0334. The Balaban J connectivity index is 1.41. The molecule has 0 spiro atoms. The van der Waals surface area contributed by atoms with E-state index in [-0.39, 0.29) is 11.6 Å². The van der Waals surface area contributed by atoms with Gasteiger partial charge in [0.2, 0.25) is 0 Å². The summed E-state index contributed by atoms with van der Waals surface area (Å²) >= 11 is 0. The molecule has 0 aromatic carbocycles. The molecule has 140 valence electrons. The van der Waals surface area contributed by atoms with Crippen molar-refractivity contribution in [3.05, 3.63) is 65.0 Å². The van der Waals surface area contributed by atoms with Gasteiger partial charge in [0.25, 0.3) is 5.56 Å². The lowest BCUT2D eigenvalue weighted by atomic mass is 9.91. The average Bonchev–Trinajstić information content (AvgIpc) is 3.13. The molecule has 0 radical (unpaired) electrons. The van der Waals surface area contributed by atoms with Crippen LogP contribution < -0.4 is 10.9 Å². The zero-order chi connectivity index (χ0) is 18.6. The zero-order valence-electron chi connectivity index (χ0n) is 15.5. The molecule has 0 amide bonds. The quantitative estimate of drug-likeness (QED) is 0.752. The first-order valence-corrected chi connectivity index (χ1v) is 9.41. The van der Waals surface area contributed by atoms with Gasteiger partial charge in [0.05, 0.1) is 17.4 Å². The fourth-order valence-electron chi connectivity index (χ4n) is 3.70. The molecule has 0 unspecified atom stereocenters. The van der Waals surface area contributed by atoms with E-state index in [2.05, 4.69) is 20.5 Å². The van der Waals surface area contributed by atoms with E-state index in [4.69, 9.17) is 0 Å². The molecule has 1 aliphatic carbocycles. The molecule has 7 nitrogen and oxygen atoms in total. The second-order valence-electron chi connectivity index (χ2n) is 7.08. The minimum absolute atomic E-state index is 0.0334. The van der Waals surface area contributed by atoms with Gasteiger partial charge in [-0.15, -0.1) is 0 Å². The van der Waals surface area contributed by atoms with Gasteiger partial charge in [0.15, 0.2) is 0 Å². The Labute approximate surface area is 158 Å². The highest BCUT2D eigenvalue weighted by atomic mass is 16.1. The van der Waals surface area contributed by atoms with Crippen LogP contribution in [0.15, 0.2) is 53.7 Å². The number of pyridine rings is 1. The standard InChI is InChI=1S/C20H24N6O/c1-25-18(10-12-23-25)14-22-16-4-6-17(7-5-16)26-20(27)9-8-19(24-26)15-3-2-11-21-13-15/h2-3,8-13,16-17,22H,4-7,14H2,1H3. The molecule has 1 N–H and O–H groups in total. The zero-order valence-corrected chi connectivity index (χ0v) is 15.5. The van der Waals surface area contributed by atoms with Gasteiger partial charge in [-0.25, -0.2) is 4.68 Å². The largest absolute Gasteiger partial charge is 0.308 e. The van der Waals surface area contributed by atoms with E-state index in [1.165, 1.54) is 5.69 Å². The molecule has 0 atom stereocenters.